The molecule has 1 amide bonds. The molecule has 2 fully saturated rings. The van der Waals surface area contributed by atoms with Crippen molar-refractivity contribution in [3.05, 3.63) is 18.0 Å². The summed E-state index contributed by atoms with van der Waals surface area (Å²) in [6, 6.07) is 0. The third-order valence-electron chi connectivity index (χ3n) is 6.11. The van der Waals surface area contributed by atoms with E-state index in [0.717, 1.165) is 44.9 Å². The number of hydrogen-bond acceptors (Lipinski definition) is 4. The van der Waals surface area contributed by atoms with Crippen molar-refractivity contribution in [2.75, 3.05) is 19.6 Å². The van der Waals surface area contributed by atoms with Gasteiger partial charge in [0.1, 0.15) is 11.4 Å². The molecule has 25 heavy (non-hydrogen) atoms. The molecule has 1 saturated heterocycles. The van der Waals surface area contributed by atoms with E-state index in [2.05, 4.69) is 30.0 Å². The Morgan fingerprint density at radius 1 is 1.36 bits per heavy atom. The average Bonchev–Trinajstić information content (AvgIpc) is 3.25. The number of likely N-dealkylation sites (tertiary alicyclic amines) is 1. The van der Waals surface area contributed by atoms with Gasteiger partial charge < -0.3 is 0 Å². The summed E-state index contributed by atoms with van der Waals surface area (Å²) in [7, 11) is 1.95. The van der Waals surface area contributed by atoms with Crippen molar-refractivity contribution in [3.63, 3.8) is 0 Å². The van der Waals surface area contributed by atoms with Gasteiger partial charge in [-0.25, -0.2) is 0 Å². The fraction of sp³-hybridized carbons (Fsp3) is 0.737. The first-order chi connectivity index (χ1) is 11.9. The second-order valence-corrected chi connectivity index (χ2v) is 8.51. The van der Waals surface area contributed by atoms with Crippen molar-refractivity contribution < 1.29 is 4.79 Å². The SMILES string of the molecule is CC1=N[C@]2(CC[C@H]3CN(Cc4cnn(C)c4)C[C@H]32)C(=O)N1CC(C)C. The second kappa shape index (κ2) is 5.94. The van der Waals surface area contributed by atoms with Crippen LogP contribution in [0.4, 0.5) is 0 Å². The summed E-state index contributed by atoms with van der Waals surface area (Å²) in [6.07, 6.45) is 6.06. The molecule has 3 heterocycles. The molecule has 3 atom stereocenters. The molecular formula is C19H29N5O. The smallest absolute Gasteiger partial charge is 0.256 e. The van der Waals surface area contributed by atoms with Gasteiger partial charge in [-0.15, -0.1) is 0 Å². The van der Waals surface area contributed by atoms with Crippen LogP contribution >= 0.6 is 0 Å². The summed E-state index contributed by atoms with van der Waals surface area (Å²) in [5.41, 5.74) is 0.767. The Morgan fingerprint density at radius 2 is 2.16 bits per heavy atom. The van der Waals surface area contributed by atoms with E-state index in [-0.39, 0.29) is 5.91 Å². The van der Waals surface area contributed by atoms with Crippen molar-refractivity contribution in [1.82, 2.24) is 19.6 Å². The van der Waals surface area contributed by atoms with Gasteiger partial charge in [0, 0.05) is 50.9 Å². The average molecular weight is 343 g/mol. The number of fused-ring (bicyclic) bond motifs is 2. The van der Waals surface area contributed by atoms with Gasteiger partial charge in [-0.1, -0.05) is 13.8 Å². The molecule has 0 aromatic carbocycles. The molecule has 6 heteroatoms. The van der Waals surface area contributed by atoms with Crippen molar-refractivity contribution in [3.8, 4) is 0 Å². The van der Waals surface area contributed by atoms with Crippen LogP contribution in [-0.2, 0) is 18.4 Å². The highest BCUT2D eigenvalue weighted by Gasteiger charge is 2.60. The highest BCUT2D eigenvalue weighted by Crippen LogP contribution is 2.50. The van der Waals surface area contributed by atoms with Crippen LogP contribution in [-0.4, -0.2) is 56.5 Å². The molecule has 1 aromatic heterocycles. The largest absolute Gasteiger partial charge is 0.298 e. The third kappa shape index (κ3) is 2.71. The van der Waals surface area contributed by atoms with E-state index < -0.39 is 5.54 Å². The number of amidine groups is 1. The molecule has 1 aliphatic carbocycles. The highest BCUT2D eigenvalue weighted by molar-refractivity contribution is 6.07. The molecule has 6 nitrogen and oxygen atoms in total. The molecule has 0 radical (unpaired) electrons. The number of amides is 1. The first-order valence-corrected chi connectivity index (χ1v) is 9.47. The number of carbonyl (C=O) groups is 1. The number of aryl methyl sites for hydroxylation is 1. The first kappa shape index (κ1) is 16.8. The fourth-order valence-corrected chi connectivity index (χ4v) is 5.09. The zero-order chi connectivity index (χ0) is 17.8. The van der Waals surface area contributed by atoms with Crippen LogP contribution in [0.15, 0.2) is 17.4 Å². The van der Waals surface area contributed by atoms with Crippen LogP contribution in [0, 0.1) is 17.8 Å². The molecule has 1 saturated carbocycles. The summed E-state index contributed by atoms with van der Waals surface area (Å²) < 4.78 is 1.85. The van der Waals surface area contributed by atoms with E-state index in [0.29, 0.717) is 17.8 Å². The maximum Gasteiger partial charge on any atom is 0.256 e. The molecule has 4 rings (SSSR count). The third-order valence-corrected chi connectivity index (χ3v) is 6.11. The van der Waals surface area contributed by atoms with E-state index in [1.165, 1.54) is 5.56 Å². The Labute approximate surface area is 149 Å². The molecule has 0 unspecified atom stereocenters. The minimum Gasteiger partial charge on any atom is -0.298 e. The van der Waals surface area contributed by atoms with Gasteiger partial charge >= 0.3 is 0 Å². The first-order valence-electron chi connectivity index (χ1n) is 9.47. The number of nitrogens with zero attached hydrogens (tertiary/aromatic N) is 5. The maximum absolute atomic E-state index is 13.3. The number of hydrogen-bond donors (Lipinski definition) is 0. The number of aliphatic imine (C=N–C) groups is 1. The van der Waals surface area contributed by atoms with Crippen LogP contribution in [0.1, 0.15) is 39.2 Å². The highest BCUT2D eigenvalue weighted by atomic mass is 16.2. The standard InChI is InChI=1S/C19H29N5O/c1-13(2)8-24-14(3)21-19(18(24)25)6-5-16-11-23(12-17(16)19)10-15-7-20-22(4)9-15/h7,9,13,16-17H,5-6,8,10-12H2,1-4H3/t16-,17+,19-/m0/s1. The van der Waals surface area contributed by atoms with Crippen molar-refractivity contribution in [1.29, 1.82) is 0 Å². The predicted molar refractivity (Wildman–Crippen MR) is 97.1 cm³/mol. The molecule has 3 aliphatic rings. The molecule has 0 bridgehead atoms. The van der Waals surface area contributed by atoms with Crippen LogP contribution < -0.4 is 0 Å². The Hall–Kier alpha value is -1.69. The Balaban J connectivity index is 1.51. The minimum atomic E-state index is -0.479. The van der Waals surface area contributed by atoms with E-state index in [1.807, 2.05) is 29.7 Å². The lowest BCUT2D eigenvalue weighted by Gasteiger charge is -2.28. The van der Waals surface area contributed by atoms with E-state index in [9.17, 15) is 4.79 Å². The quantitative estimate of drug-likeness (QED) is 0.839. The van der Waals surface area contributed by atoms with Crippen LogP contribution in [0.25, 0.3) is 0 Å². The molecule has 1 aromatic rings. The lowest BCUT2D eigenvalue weighted by atomic mass is 9.85. The Morgan fingerprint density at radius 3 is 2.84 bits per heavy atom. The maximum atomic E-state index is 13.3. The van der Waals surface area contributed by atoms with Gasteiger partial charge in [-0.05, 0) is 31.6 Å². The summed E-state index contributed by atoms with van der Waals surface area (Å²) in [5, 5.41) is 4.27. The number of carbonyl (C=O) groups excluding carboxylic acids is 1. The molecule has 0 N–H and O–H groups in total. The predicted octanol–water partition coefficient (Wildman–Crippen LogP) is 1.92. The normalized spacial score (nSPS) is 32.3. The monoisotopic (exact) mass is 343 g/mol. The molecular weight excluding hydrogens is 314 g/mol. The fourth-order valence-electron chi connectivity index (χ4n) is 5.09. The Bertz CT molecular complexity index is 708. The van der Waals surface area contributed by atoms with Gasteiger partial charge in [0.2, 0.25) is 0 Å². The van der Waals surface area contributed by atoms with Gasteiger partial charge in [-0.2, -0.15) is 5.10 Å². The van der Waals surface area contributed by atoms with Crippen molar-refractivity contribution in [2.45, 2.75) is 45.7 Å². The summed E-state index contributed by atoms with van der Waals surface area (Å²) >= 11 is 0. The van der Waals surface area contributed by atoms with Crippen molar-refractivity contribution >= 4 is 11.7 Å². The molecule has 2 aliphatic heterocycles. The van der Waals surface area contributed by atoms with Gasteiger partial charge in [0.15, 0.2) is 0 Å². The molecule has 1 spiro atoms. The topological polar surface area (TPSA) is 53.7 Å². The van der Waals surface area contributed by atoms with Crippen molar-refractivity contribution in [2.24, 2.45) is 29.8 Å². The van der Waals surface area contributed by atoms with Gasteiger partial charge in [-0.3, -0.25) is 24.3 Å². The zero-order valence-corrected chi connectivity index (χ0v) is 15.8. The summed E-state index contributed by atoms with van der Waals surface area (Å²) in [6.45, 7) is 10.1. The van der Waals surface area contributed by atoms with Gasteiger partial charge in [0.05, 0.1) is 6.20 Å². The van der Waals surface area contributed by atoms with E-state index in [1.54, 1.807) is 0 Å². The summed E-state index contributed by atoms with van der Waals surface area (Å²) in [4.78, 5) is 22.7. The van der Waals surface area contributed by atoms with Gasteiger partial charge in [0.25, 0.3) is 5.91 Å². The van der Waals surface area contributed by atoms with E-state index in [4.69, 9.17) is 4.99 Å². The van der Waals surface area contributed by atoms with E-state index >= 15 is 0 Å². The number of rotatable bonds is 4. The van der Waals surface area contributed by atoms with Crippen LogP contribution in [0.3, 0.4) is 0 Å². The molecule has 136 valence electrons. The Kier molecular flexibility index (Phi) is 3.98. The number of aromatic nitrogens is 2. The lowest BCUT2D eigenvalue weighted by molar-refractivity contribution is -0.132. The summed E-state index contributed by atoms with van der Waals surface area (Å²) in [5.74, 6) is 2.60. The van der Waals surface area contributed by atoms with Crippen LogP contribution in [0.5, 0.6) is 0 Å². The second-order valence-electron chi connectivity index (χ2n) is 8.51. The zero-order valence-electron chi connectivity index (χ0n) is 15.8. The minimum absolute atomic E-state index is 0.259. The lowest BCUT2D eigenvalue weighted by Crippen LogP contribution is -2.47. The van der Waals surface area contributed by atoms with Crippen LogP contribution in [0.2, 0.25) is 0 Å².